The van der Waals surface area contributed by atoms with E-state index in [9.17, 15) is 0 Å². The first-order valence-electron chi connectivity index (χ1n) is 5.28. The largest absolute Gasteiger partial charge is 0.497 e. The van der Waals surface area contributed by atoms with E-state index in [2.05, 4.69) is 33.5 Å². The van der Waals surface area contributed by atoms with Crippen molar-refractivity contribution in [3.8, 4) is 5.75 Å². The SMILES string of the molecule is C=C1C(Br)=CC=C(c2ccc(OC)cc2)N1C. The van der Waals surface area contributed by atoms with Gasteiger partial charge < -0.3 is 9.64 Å². The van der Waals surface area contributed by atoms with Crippen LogP contribution in [0.1, 0.15) is 5.56 Å². The molecule has 0 amide bonds. The van der Waals surface area contributed by atoms with Crippen LogP contribution in [0.3, 0.4) is 0 Å². The van der Waals surface area contributed by atoms with E-state index in [0.717, 1.165) is 27.2 Å². The van der Waals surface area contributed by atoms with Gasteiger partial charge in [0.1, 0.15) is 5.75 Å². The van der Waals surface area contributed by atoms with Gasteiger partial charge in [0.25, 0.3) is 0 Å². The molecule has 2 rings (SSSR count). The lowest BCUT2D eigenvalue weighted by Gasteiger charge is -2.27. The zero-order chi connectivity index (χ0) is 12.4. The van der Waals surface area contributed by atoms with Crippen LogP contribution in [-0.4, -0.2) is 19.1 Å². The Hall–Kier alpha value is -1.48. The van der Waals surface area contributed by atoms with Crippen LogP contribution < -0.4 is 4.74 Å². The normalized spacial score (nSPS) is 15.5. The molecule has 0 fully saturated rings. The first-order valence-corrected chi connectivity index (χ1v) is 6.07. The summed E-state index contributed by atoms with van der Waals surface area (Å²) in [5.41, 5.74) is 3.23. The lowest BCUT2D eigenvalue weighted by atomic mass is 10.1. The monoisotopic (exact) mass is 291 g/mol. The summed E-state index contributed by atoms with van der Waals surface area (Å²) < 4.78 is 6.16. The average molecular weight is 292 g/mol. The molecule has 0 bridgehead atoms. The Morgan fingerprint density at radius 3 is 2.41 bits per heavy atom. The molecule has 0 aliphatic carbocycles. The number of benzene rings is 1. The number of halogens is 1. The number of ether oxygens (including phenoxy) is 1. The van der Waals surface area contributed by atoms with Crippen LogP contribution in [0, 0.1) is 0 Å². The molecule has 17 heavy (non-hydrogen) atoms. The molecular weight excluding hydrogens is 278 g/mol. The maximum Gasteiger partial charge on any atom is 0.118 e. The Labute approximate surface area is 110 Å². The zero-order valence-corrected chi connectivity index (χ0v) is 11.5. The molecule has 1 aliphatic rings. The average Bonchev–Trinajstić information content (AvgIpc) is 2.36. The van der Waals surface area contributed by atoms with Gasteiger partial charge >= 0.3 is 0 Å². The van der Waals surface area contributed by atoms with Gasteiger partial charge in [0.15, 0.2) is 0 Å². The van der Waals surface area contributed by atoms with Crippen LogP contribution in [0.25, 0.3) is 5.70 Å². The third-order valence-electron chi connectivity index (χ3n) is 2.82. The third kappa shape index (κ3) is 2.29. The highest BCUT2D eigenvalue weighted by atomic mass is 79.9. The van der Waals surface area contributed by atoms with Gasteiger partial charge in [-0.2, -0.15) is 0 Å². The van der Waals surface area contributed by atoms with Crippen molar-refractivity contribution >= 4 is 21.6 Å². The summed E-state index contributed by atoms with van der Waals surface area (Å²) in [5, 5.41) is 0. The van der Waals surface area contributed by atoms with Crippen LogP contribution in [0.4, 0.5) is 0 Å². The molecular formula is C14H14BrNO. The molecule has 0 aromatic heterocycles. The summed E-state index contributed by atoms with van der Waals surface area (Å²) in [6, 6.07) is 8.00. The first kappa shape index (κ1) is 12.0. The molecule has 88 valence electrons. The van der Waals surface area contributed by atoms with E-state index in [1.54, 1.807) is 7.11 Å². The number of rotatable bonds is 2. The van der Waals surface area contributed by atoms with Crippen molar-refractivity contribution in [2.45, 2.75) is 0 Å². The molecule has 0 N–H and O–H groups in total. The lowest BCUT2D eigenvalue weighted by Crippen LogP contribution is -2.17. The van der Waals surface area contributed by atoms with Gasteiger partial charge in [-0.05, 0) is 57.9 Å². The minimum Gasteiger partial charge on any atom is -0.497 e. The van der Waals surface area contributed by atoms with Gasteiger partial charge in [-0.1, -0.05) is 6.58 Å². The van der Waals surface area contributed by atoms with E-state index in [-0.39, 0.29) is 0 Å². The molecule has 1 aromatic rings. The molecule has 1 aromatic carbocycles. The van der Waals surface area contributed by atoms with Crippen LogP contribution in [0.5, 0.6) is 5.75 Å². The van der Waals surface area contributed by atoms with Crippen LogP contribution >= 0.6 is 15.9 Å². The number of hydrogen-bond acceptors (Lipinski definition) is 2. The highest BCUT2D eigenvalue weighted by Crippen LogP contribution is 2.32. The molecule has 0 saturated carbocycles. The van der Waals surface area contributed by atoms with Gasteiger partial charge in [-0.25, -0.2) is 0 Å². The van der Waals surface area contributed by atoms with E-state index in [1.165, 1.54) is 0 Å². The molecule has 0 spiro atoms. The molecule has 3 heteroatoms. The van der Waals surface area contributed by atoms with Crippen molar-refractivity contribution in [1.29, 1.82) is 0 Å². The summed E-state index contributed by atoms with van der Waals surface area (Å²) in [6.45, 7) is 4.03. The number of methoxy groups -OCH3 is 1. The summed E-state index contributed by atoms with van der Waals surface area (Å²) in [4.78, 5) is 2.06. The minimum absolute atomic E-state index is 0.864. The maximum absolute atomic E-state index is 5.15. The van der Waals surface area contributed by atoms with Crippen molar-refractivity contribution in [3.63, 3.8) is 0 Å². The van der Waals surface area contributed by atoms with Gasteiger partial charge in [-0.3, -0.25) is 0 Å². The van der Waals surface area contributed by atoms with Crippen LogP contribution in [0.2, 0.25) is 0 Å². The van der Waals surface area contributed by atoms with Crippen molar-refractivity contribution < 1.29 is 4.74 Å². The van der Waals surface area contributed by atoms with Crippen molar-refractivity contribution in [2.24, 2.45) is 0 Å². The van der Waals surface area contributed by atoms with Gasteiger partial charge in [-0.15, -0.1) is 0 Å². The van der Waals surface area contributed by atoms with Crippen molar-refractivity contribution in [2.75, 3.05) is 14.2 Å². The zero-order valence-electron chi connectivity index (χ0n) is 9.90. The predicted molar refractivity (Wildman–Crippen MR) is 74.9 cm³/mol. The molecule has 1 aliphatic heterocycles. The maximum atomic E-state index is 5.15. The predicted octanol–water partition coefficient (Wildman–Crippen LogP) is 3.77. The quantitative estimate of drug-likeness (QED) is 0.822. The van der Waals surface area contributed by atoms with Gasteiger partial charge in [0.05, 0.1) is 7.11 Å². The number of hydrogen-bond donors (Lipinski definition) is 0. The Kier molecular flexibility index (Phi) is 3.38. The summed E-state index contributed by atoms with van der Waals surface area (Å²) in [7, 11) is 3.68. The molecule has 0 saturated heterocycles. The topological polar surface area (TPSA) is 12.5 Å². The second-order valence-corrected chi connectivity index (χ2v) is 4.66. The van der Waals surface area contributed by atoms with Gasteiger partial charge in [0.2, 0.25) is 0 Å². The van der Waals surface area contributed by atoms with E-state index >= 15 is 0 Å². The molecule has 0 atom stereocenters. The fourth-order valence-electron chi connectivity index (χ4n) is 1.72. The van der Waals surface area contributed by atoms with Crippen molar-refractivity contribution in [3.05, 3.63) is 58.7 Å². The summed E-state index contributed by atoms with van der Waals surface area (Å²) in [6.07, 6.45) is 4.09. The number of allylic oxidation sites excluding steroid dienone is 3. The van der Waals surface area contributed by atoms with E-state index < -0.39 is 0 Å². The van der Waals surface area contributed by atoms with Crippen molar-refractivity contribution in [1.82, 2.24) is 4.90 Å². The van der Waals surface area contributed by atoms with E-state index in [0.29, 0.717) is 0 Å². The van der Waals surface area contributed by atoms with Gasteiger partial charge in [0, 0.05) is 22.9 Å². The highest BCUT2D eigenvalue weighted by Gasteiger charge is 2.15. The second kappa shape index (κ2) is 4.80. The fourth-order valence-corrected chi connectivity index (χ4v) is 2.12. The number of nitrogens with zero attached hydrogens (tertiary/aromatic N) is 1. The molecule has 0 unspecified atom stereocenters. The molecule has 1 heterocycles. The molecule has 0 radical (unpaired) electrons. The third-order valence-corrected chi connectivity index (χ3v) is 3.54. The number of likely N-dealkylation sites (N-methyl/N-ethyl adjacent to an activating group) is 1. The Bertz CT molecular complexity index is 499. The lowest BCUT2D eigenvalue weighted by molar-refractivity contribution is 0.414. The minimum atomic E-state index is 0.864. The van der Waals surface area contributed by atoms with E-state index in [4.69, 9.17) is 4.74 Å². The fraction of sp³-hybridized carbons (Fsp3) is 0.143. The first-order chi connectivity index (χ1) is 8.13. The summed E-state index contributed by atoms with van der Waals surface area (Å²) in [5.74, 6) is 0.864. The van der Waals surface area contributed by atoms with E-state index in [1.807, 2.05) is 37.4 Å². The Morgan fingerprint density at radius 1 is 1.18 bits per heavy atom. The standard InChI is InChI=1S/C14H14BrNO/c1-10-13(15)8-9-14(16(10)2)11-4-6-12(17-3)7-5-11/h4-9H,1H2,2-3H3. The highest BCUT2D eigenvalue weighted by molar-refractivity contribution is 9.12. The Morgan fingerprint density at radius 2 is 1.82 bits per heavy atom. The molecule has 2 nitrogen and oxygen atoms in total. The summed E-state index contributed by atoms with van der Waals surface area (Å²) >= 11 is 3.47. The second-order valence-electron chi connectivity index (χ2n) is 3.80. The van der Waals surface area contributed by atoms with Crippen LogP contribution in [-0.2, 0) is 0 Å². The smallest absolute Gasteiger partial charge is 0.118 e. The Balaban J connectivity index is 2.36. The van der Waals surface area contributed by atoms with Crippen LogP contribution in [0.15, 0.2) is 53.2 Å².